The fraction of sp³-hybridized carbons (Fsp3) is 0.550. The molecule has 4 rings (SSSR count). The summed E-state index contributed by atoms with van der Waals surface area (Å²) in [6.07, 6.45) is 8.13. The number of hydrogen-bond acceptors (Lipinski definition) is 3. The van der Waals surface area contributed by atoms with E-state index in [4.69, 9.17) is 10.2 Å². The molecule has 0 spiro atoms. The largest absolute Gasteiger partial charge is 0.396 e. The van der Waals surface area contributed by atoms with Gasteiger partial charge in [-0.05, 0) is 69.2 Å². The number of aliphatic hydroxyl groups excluding tert-OH is 1. The zero-order chi connectivity index (χ0) is 16.4. The van der Waals surface area contributed by atoms with Gasteiger partial charge in [-0.15, -0.1) is 0 Å². The van der Waals surface area contributed by atoms with Crippen LogP contribution in [0.4, 0.5) is 0 Å². The van der Waals surface area contributed by atoms with Crippen LogP contribution in [0, 0.1) is 0 Å². The molecule has 24 heavy (non-hydrogen) atoms. The molecule has 1 aromatic carbocycles. The number of aliphatic hydroxyl groups is 1. The first kappa shape index (κ1) is 15.9. The van der Waals surface area contributed by atoms with Gasteiger partial charge in [0.1, 0.15) is 0 Å². The predicted octanol–water partition coefficient (Wildman–Crippen LogP) is 3.10. The Morgan fingerprint density at radius 2 is 2.00 bits per heavy atom. The Morgan fingerprint density at radius 3 is 2.83 bits per heavy atom. The summed E-state index contributed by atoms with van der Waals surface area (Å²) in [5, 5.41) is 14.1. The van der Waals surface area contributed by atoms with Crippen LogP contribution in [0.25, 0.3) is 5.69 Å². The number of aromatic nitrogens is 2. The second kappa shape index (κ2) is 7.08. The maximum Gasteiger partial charge on any atom is 0.0804 e. The van der Waals surface area contributed by atoms with Crippen molar-refractivity contribution in [1.29, 1.82) is 0 Å². The standard InChI is InChI=1S/C20H27N3O/c24-14-6-10-16-9-5-13-22(16)15-19-18-11-4-12-20(18)23(21-19)17-7-2-1-3-8-17/h1-3,7-8,16,24H,4-6,9-15H2. The molecule has 1 unspecified atom stereocenters. The highest BCUT2D eigenvalue weighted by atomic mass is 16.2. The lowest BCUT2D eigenvalue weighted by atomic mass is 10.1. The van der Waals surface area contributed by atoms with Crippen LogP contribution >= 0.6 is 0 Å². The smallest absolute Gasteiger partial charge is 0.0804 e. The second-order valence-electron chi connectivity index (χ2n) is 7.11. The normalized spacial score (nSPS) is 20.6. The number of likely N-dealkylation sites (tertiary alicyclic amines) is 1. The fourth-order valence-electron chi connectivity index (χ4n) is 4.37. The van der Waals surface area contributed by atoms with Gasteiger partial charge in [0.2, 0.25) is 0 Å². The molecule has 1 aliphatic carbocycles. The molecular formula is C20H27N3O. The van der Waals surface area contributed by atoms with Crippen molar-refractivity contribution in [2.24, 2.45) is 0 Å². The molecule has 2 heterocycles. The first-order valence-corrected chi connectivity index (χ1v) is 9.37. The van der Waals surface area contributed by atoms with Crippen LogP contribution < -0.4 is 0 Å². The first-order valence-electron chi connectivity index (χ1n) is 9.37. The van der Waals surface area contributed by atoms with E-state index in [0.717, 1.165) is 25.8 Å². The quantitative estimate of drug-likeness (QED) is 0.887. The molecular weight excluding hydrogens is 298 g/mol. The Labute approximate surface area is 144 Å². The molecule has 2 aliphatic rings. The van der Waals surface area contributed by atoms with Gasteiger partial charge in [-0.2, -0.15) is 5.10 Å². The molecule has 1 N–H and O–H groups in total. The van der Waals surface area contributed by atoms with Gasteiger partial charge in [-0.3, -0.25) is 4.90 Å². The van der Waals surface area contributed by atoms with Gasteiger partial charge < -0.3 is 5.11 Å². The summed E-state index contributed by atoms with van der Waals surface area (Å²) < 4.78 is 2.18. The lowest BCUT2D eigenvalue weighted by Crippen LogP contribution is -2.29. The van der Waals surface area contributed by atoms with Crippen molar-refractivity contribution in [3.05, 3.63) is 47.3 Å². The third-order valence-electron chi connectivity index (χ3n) is 5.56. The highest BCUT2D eigenvalue weighted by molar-refractivity contribution is 5.39. The van der Waals surface area contributed by atoms with E-state index in [2.05, 4.69) is 39.9 Å². The highest BCUT2D eigenvalue weighted by Crippen LogP contribution is 2.30. The predicted molar refractivity (Wildman–Crippen MR) is 95.3 cm³/mol. The van der Waals surface area contributed by atoms with E-state index in [1.54, 1.807) is 0 Å². The Kier molecular flexibility index (Phi) is 4.67. The van der Waals surface area contributed by atoms with Gasteiger partial charge in [0.05, 0.1) is 11.4 Å². The number of nitrogens with zero attached hydrogens (tertiary/aromatic N) is 3. The van der Waals surface area contributed by atoms with Gasteiger partial charge >= 0.3 is 0 Å². The lowest BCUT2D eigenvalue weighted by molar-refractivity contribution is 0.208. The summed E-state index contributed by atoms with van der Waals surface area (Å²) in [5.41, 5.74) is 5.37. The van der Waals surface area contributed by atoms with Gasteiger partial charge in [-0.25, -0.2) is 4.68 Å². The van der Waals surface area contributed by atoms with Gasteiger partial charge in [-0.1, -0.05) is 18.2 Å². The van der Waals surface area contributed by atoms with Gasteiger partial charge in [0.25, 0.3) is 0 Å². The van der Waals surface area contributed by atoms with Gasteiger partial charge in [0, 0.05) is 24.9 Å². The average molecular weight is 325 g/mol. The Bertz CT molecular complexity index is 680. The molecule has 0 saturated carbocycles. The first-order chi connectivity index (χ1) is 11.9. The van der Waals surface area contributed by atoms with E-state index in [-0.39, 0.29) is 0 Å². The van der Waals surface area contributed by atoms with Crippen molar-refractivity contribution in [3.63, 3.8) is 0 Å². The van der Waals surface area contributed by atoms with Gasteiger partial charge in [0.15, 0.2) is 0 Å². The summed E-state index contributed by atoms with van der Waals surface area (Å²) in [7, 11) is 0. The molecule has 2 aromatic rings. The van der Waals surface area contributed by atoms with Crippen LogP contribution in [-0.4, -0.2) is 39.0 Å². The fourth-order valence-corrected chi connectivity index (χ4v) is 4.37. The van der Waals surface area contributed by atoms with E-state index >= 15 is 0 Å². The Hall–Kier alpha value is -1.65. The number of benzene rings is 1. The molecule has 1 atom stereocenters. The van der Waals surface area contributed by atoms with Crippen molar-refractivity contribution >= 4 is 0 Å². The van der Waals surface area contributed by atoms with Crippen LogP contribution in [0.3, 0.4) is 0 Å². The second-order valence-corrected chi connectivity index (χ2v) is 7.11. The summed E-state index contributed by atoms with van der Waals surface area (Å²) in [6.45, 7) is 2.45. The van der Waals surface area contributed by atoms with E-state index < -0.39 is 0 Å². The maximum atomic E-state index is 9.12. The molecule has 1 fully saturated rings. The third kappa shape index (κ3) is 3.01. The maximum absolute atomic E-state index is 9.12. The molecule has 0 amide bonds. The summed E-state index contributed by atoms with van der Waals surface area (Å²) >= 11 is 0. The summed E-state index contributed by atoms with van der Waals surface area (Å²) in [5.74, 6) is 0. The average Bonchev–Trinajstić information content (AvgIpc) is 3.32. The number of hydrogen-bond donors (Lipinski definition) is 1. The molecule has 1 saturated heterocycles. The number of para-hydroxylation sites is 1. The molecule has 0 radical (unpaired) electrons. The Morgan fingerprint density at radius 1 is 1.12 bits per heavy atom. The van der Waals surface area contributed by atoms with Crippen molar-refractivity contribution in [3.8, 4) is 5.69 Å². The molecule has 4 nitrogen and oxygen atoms in total. The van der Waals surface area contributed by atoms with Crippen molar-refractivity contribution in [1.82, 2.24) is 14.7 Å². The van der Waals surface area contributed by atoms with E-state index in [1.165, 1.54) is 54.9 Å². The number of rotatable bonds is 6. The van der Waals surface area contributed by atoms with Crippen LogP contribution in [-0.2, 0) is 19.4 Å². The van der Waals surface area contributed by atoms with Crippen LogP contribution in [0.2, 0.25) is 0 Å². The topological polar surface area (TPSA) is 41.3 Å². The van der Waals surface area contributed by atoms with Crippen LogP contribution in [0.15, 0.2) is 30.3 Å². The van der Waals surface area contributed by atoms with Crippen LogP contribution in [0.1, 0.15) is 49.1 Å². The molecule has 1 aliphatic heterocycles. The van der Waals surface area contributed by atoms with Crippen molar-refractivity contribution in [2.45, 2.75) is 57.5 Å². The molecule has 128 valence electrons. The van der Waals surface area contributed by atoms with Crippen molar-refractivity contribution < 1.29 is 5.11 Å². The third-order valence-corrected chi connectivity index (χ3v) is 5.56. The molecule has 4 heteroatoms. The SMILES string of the molecule is OCCCC1CCCN1Cc1nn(-c2ccccc2)c2c1CCC2. The van der Waals surface area contributed by atoms with Crippen LogP contribution in [0.5, 0.6) is 0 Å². The summed E-state index contributed by atoms with van der Waals surface area (Å²) in [6, 6.07) is 11.2. The minimum Gasteiger partial charge on any atom is -0.396 e. The zero-order valence-electron chi connectivity index (χ0n) is 14.3. The lowest BCUT2D eigenvalue weighted by Gasteiger charge is -2.23. The minimum absolute atomic E-state index is 0.308. The Balaban J connectivity index is 1.58. The molecule has 1 aromatic heterocycles. The monoisotopic (exact) mass is 325 g/mol. The minimum atomic E-state index is 0.308. The van der Waals surface area contributed by atoms with E-state index in [0.29, 0.717) is 12.6 Å². The summed E-state index contributed by atoms with van der Waals surface area (Å²) in [4.78, 5) is 2.59. The number of fused-ring (bicyclic) bond motifs is 1. The van der Waals surface area contributed by atoms with E-state index in [9.17, 15) is 0 Å². The highest BCUT2D eigenvalue weighted by Gasteiger charge is 2.28. The van der Waals surface area contributed by atoms with Crippen molar-refractivity contribution in [2.75, 3.05) is 13.2 Å². The zero-order valence-corrected chi connectivity index (χ0v) is 14.3. The molecule has 0 bridgehead atoms. The van der Waals surface area contributed by atoms with E-state index in [1.807, 2.05) is 0 Å².